The van der Waals surface area contributed by atoms with Gasteiger partial charge in [0.15, 0.2) is 17.3 Å². The predicted octanol–water partition coefficient (Wildman–Crippen LogP) is 1.44. The molecule has 0 bridgehead atoms. The molecule has 0 spiro atoms. The first-order valence-electron chi connectivity index (χ1n) is 6.80. The summed E-state index contributed by atoms with van der Waals surface area (Å²) in [6.45, 7) is 2.15. The quantitative estimate of drug-likeness (QED) is 0.760. The normalized spacial score (nSPS) is 10.7. The minimum Gasteiger partial charge on any atom is -0.493 e. The molecule has 0 aliphatic carbocycles. The van der Waals surface area contributed by atoms with Crippen molar-refractivity contribution in [2.75, 3.05) is 14.2 Å². The second-order valence-corrected chi connectivity index (χ2v) is 5.73. The van der Waals surface area contributed by atoms with Crippen LogP contribution in [-0.2, 0) is 6.54 Å². The van der Waals surface area contributed by atoms with Crippen molar-refractivity contribution in [2.45, 2.75) is 13.5 Å². The predicted molar refractivity (Wildman–Crippen MR) is 84.1 cm³/mol. The fourth-order valence-corrected chi connectivity index (χ4v) is 2.88. The van der Waals surface area contributed by atoms with Crippen LogP contribution in [0.5, 0.6) is 11.5 Å². The SMILES string of the molecule is COc1ccc(C(=O)NCc2nn3c(C)nnc3s2)cc1OC. The van der Waals surface area contributed by atoms with E-state index >= 15 is 0 Å². The molecule has 120 valence electrons. The third kappa shape index (κ3) is 2.95. The highest BCUT2D eigenvalue weighted by molar-refractivity contribution is 7.16. The average molecular weight is 333 g/mol. The molecule has 0 saturated heterocycles. The molecule has 0 unspecified atom stereocenters. The molecule has 3 rings (SSSR count). The molecule has 23 heavy (non-hydrogen) atoms. The number of fused-ring (bicyclic) bond motifs is 1. The van der Waals surface area contributed by atoms with Gasteiger partial charge in [-0.25, -0.2) is 0 Å². The van der Waals surface area contributed by atoms with Crippen LogP contribution in [0.4, 0.5) is 0 Å². The lowest BCUT2D eigenvalue weighted by molar-refractivity contribution is 0.0950. The molecule has 1 N–H and O–H groups in total. The zero-order valence-corrected chi connectivity index (χ0v) is 13.7. The van der Waals surface area contributed by atoms with E-state index < -0.39 is 0 Å². The van der Waals surface area contributed by atoms with Crippen LogP contribution >= 0.6 is 11.3 Å². The molecule has 0 aliphatic heterocycles. The Hall–Kier alpha value is -2.68. The van der Waals surface area contributed by atoms with Gasteiger partial charge in [-0.15, -0.1) is 10.2 Å². The van der Waals surface area contributed by atoms with Gasteiger partial charge >= 0.3 is 0 Å². The Bertz CT molecular complexity index is 857. The minimum absolute atomic E-state index is 0.214. The second-order valence-electron chi connectivity index (χ2n) is 4.69. The van der Waals surface area contributed by atoms with E-state index in [1.54, 1.807) is 29.8 Å². The standard InChI is InChI=1S/C14H15N5O3S/c1-8-16-17-14-19(8)18-12(23-14)7-15-13(20)9-4-5-10(21-2)11(6-9)22-3/h4-6H,7H2,1-3H3,(H,15,20). The van der Waals surface area contributed by atoms with E-state index in [0.717, 1.165) is 5.01 Å². The summed E-state index contributed by atoms with van der Waals surface area (Å²) < 4.78 is 12.0. The van der Waals surface area contributed by atoms with Gasteiger partial charge in [-0.1, -0.05) is 11.3 Å². The summed E-state index contributed by atoms with van der Waals surface area (Å²) in [6.07, 6.45) is 0. The zero-order valence-electron chi connectivity index (χ0n) is 12.9. The Labute approximate surface area is 136 Å². The summed E-state index contributed by atoms with van der Waals surface area (Å²) in [7, 11) is 3.08. The molecular formula is C14H15N5O3S. The number of ether oxygens (including phenoxy) is 2. The molecule has 0 radical (unpaired) electrons. The summed E-state index contributed by atoms with van der Waals surface area (Å²) in [5.41, 5.74) is 0.488. The van der Waals surface area contributed by atoms with Gasteiger partial charge in [0.05, 0.1) is 20.8 Å². The van der Waals surface area contributed by atoms with Crippen LogP contribution in [-0.4, -0.2) is 39.9 Å². The summed E-state index contributed by atoms with van der Waals surface area (Å²) in [4.78, 5) is 12.9. The lowest BCUT2D eigenvalue weighted by Crippen LogP contribution is -2.22. The molecule has 0 atom stereocenters. The number of hydrogen-bond donors (Lipinski definition) is 1. The van der Waals surface area contributed by atoms with E-state index in [4.69, 9.17) is 9.47 Å². The molecule has 8 nitrogen and oxygen atoms in total. The van der Waals surface area contributed by atoms with E-state index in [-0.39, 0.29) is 5.91 Å². The van der Waals surface area contributed by atoms with Crippen molar-refractivity contribution in [1.82, 2.24) is 25.1 Å². The highest BCUT2D eigenvalue weighted by atomic mass is 32.1. The summed E-state index contributed by atoms with van der Waals surface area (Å²) in [5, 5.41) is 15.8. The summed E-state index contributed by atoms with van der Waals surface area (Å²) >= 11 is 1.39. The monoisotopic (exact) mass is 333 g/mol. The number of amides is 1. The second kappa shape index (κ2) is 6.21. The van der Waals surface area contributed by atoms with Crippen LogP contribution in [0.3, 0.4) is 0 Å². The van der Waals surface area contributed by atoms with E-state index in [0.29, 0.717) is 34.4 Å². The Kier molecular flexibility index (Phi) is 4.11. The highest BCUT2D eigenvalue weighted by Crippen LogP contribution is 2.27. The average Bonchev–Trinajstić information content (AvgIpc) is 3.13. The molecular weight excluding hydrogens is 318 g/mol. The van der Waals surface area contributed by atoms with Crippen LogP contribution in [0, 0.1) is 6.92 Å². The molecule has 9 heteroatoms. The number of carbonyl (C=O) groups is 1. The Morgan fingerprint density at radius 3 is 2.74 bits per heavy atom. The third-order valence-corrected chi connectivity index (χ3v) is 4.13. The van der Waals surface area contributed by atoms with Gasteiger partial charge in [0.1, 0.15) is 5.01 Å². The Morgan fingerprint density at radius 2 is 2.04 bits per heavy atom. The van der Waals surface area contributed by atoms with Gasteiger partial charge in [0.25, 0.3) is 5.91 Å². The number of aromatic nitrogens is 4. The van der Waals surface area contributed by atoms with Crippen LogP contribution in [0.15, 0.2) is 18.2 Å². The van der Waals surface area contributed by atoms with E-state index in [1.807, 2.05) is 6.92 Å². The molecule has 0 aliphatic rings. The smallest absolute Gasteiger partial charge is 0.251 e. The van der Waals surface area contributed by atoms with Crippen molar-refractivity contribution in [2.24, 2.45) is 0 Å². The van der Waals surface area contributed by atoms with Crippen molar-refractivity contribution < 1.29 is 14.3 Å². The van der Waals surface area contributed by atoms with Crippen molar-refractivity contribution in [3.05, 3.63) is 34.6 Å². The van der Waals surface area contributed by atoms with E-state index in [9.17, 15) is 4.79 Å². The number of rotatable bonds is 5. The molecule has 1 amide bonds. The maximum atomic E-state index is 12.2. The first-order valence-corrected chi connectivity index (χ1v) is 7.62. The van der Waals surface area contributed by atoms with Crippen LogP contribution < -0.4 is 14.8 Å². The number of hydrogen-bond acceptors (Lipinski definition) is 7. The van der Waals surface area contributed by atoms with Crippen LogP contribution in [0.25, 0.3) is 4.96 Å². The van der Waals surface area contributed by atoms with Gasteiger partial charge in [-0.3, -0.25) is 4.79 Å². The molecule has 2 aromatic heterocycles. The van der Waals surface area contributed by atoms with E-state index in [1.165, 1.54) is 18.4 Å². The molecule has 2 heterocycles. The number of aryl methyl sites for hydroxylation is 1. The summed E-state index contributed by atoms with van der Waals surface area (Å²) in [6, 6.07) is 5.01. The number of carbonyl (C=O) groups excluding carboxylic acids is 1. The lowest BCUT2D eigenvalue weighted by Gasteiger charge is -2.09. The fourth-order valence-electron chi connectivity index (χ4n) is 2.06. The van der Waals surface area contributed by atoms with Crippen LogP contribution in [0.1, 0.15) is 21.2 Å². The van der Waals surface area contributed by atoms with Crippen molar-refractivity contribution >= 4 is 22.2 Å². The largest absolute Gasteiger partial charge is 0.493 e. The van der Waals surface area contributed by atoms with Crippen molar-refractivity contribution in [3.8, 4) is 11.5 Å². The third-order valence-electron chi connectivity index (χ3n) is 3.23. The fraction of sp³-hybridized carbons (Fsp3) is 0.286. The van der Waals surface area contributed by atoms with Gasteiger partial charge in [0.2, 0.25) is 4.96 Å². The van der Waals surface area contributed by atoms with Gasteiger partial charge in [-0.05, 0) is 25.1 Å². The first-order chi connectivity index (χ1) is 11.1. The maximum absolute atomic E-state index is 12.2. The van der Waals surface area contributed by atoms with Crippen molar-refractivity contribution in [1.29, 1.82) is 0 Å². The zero-order chi connectivity index (χ0) is 16.4. The van der Waals surface area contributed by atoms with Gasteiger partial charge in [-0.2, -0.15) is 9.61 Å². The van der Waals surface area contributed by atoms with E-state index in [2.05, 4.69) is 20.6 Å². The van der Waals surface area contributed by atoms with Gasteiger partial charge in [0, 0.05) is 5.56 Å². The molecule has 1 aromatic carbocycles. The molecule has 0 saturated carbocycles. The molecule has 3 aromatic rings. The van der Waals surface area contributed by atoms with Crippen LogP contribution in [0.2, 0.25) is 0 Å². The topological polar surface area (TPSA) is 90.6 Å². The Balaban J connectivity index is 1.71. The Morgan fingerprint density at radius 1 is 1.26 bits per heavy atom. The number of nitrogens with one attached hydrogen (secondary N) is 1. The van der Waals surface area contributed by atoms with Gasteiger partial charge < -0.3 is 14.8 Å². The number of methoxy groups -OCH3 is 2. The minimum atomic E-state index is -0.214. The molecule has 0 fully saturated rings. The maximum Gasteiger partial charge on any atom is 0.251 e. The number of benzene rings is 1. The number of nitrogens with zero attached hydrogens (tertiary/aromatic N) is 4. The lowest BCUT2D eigenvalue weighted by atomic mass is 10.2. The first kappa shape index (κ1) is 15.2. The summed E-state index contributed by atoms with van der Waals surface area (Å²) in [5.74, 6) is 1.59. The highest BCUT2D eigenvalue weighted by Gasteiger charge is 2.13. The van der Waals surface area contributed by atoms with Crippen molar-refractivity contribution in [3.63, 3.8) is 0 Å².